The zero-order valence-corrected chi connectivity index (χ0v) is 10.4. The molecule has 2 heterocycles. The van der Waals surface area contributed by atoms with Gasteiger partial charge in [-0.2, -0.15) is 0 Å². The Kier molecular flexibility index (Phi) is 6.02. The van der Waals surface area contributed by atoms with E-state index in [2.05, 4.69) is 14.5 Å². The van der Waals surface area contributed by atoms with Crippen molar-refractivity contribution in [2.75, 3.05) is 18.0 Å². The summed E-state index contributed by atoms with van der Waals surface area (Å²) in [5.74, 6) is 1.06. The number of aryl methyl sites for hydroxylation is 1. The maximum atomic E-state index is 5.83. The molecule has 0 aromatic carbocycles. The van der Waals surface area contributed by atoms with Gasteiger partial charge in [0.05, 0.1) is 0 Å². The summed E-state index contributed by atoms with van der Waals surface area (Å²) in [5.41, 5.74) is 5.83. The van der Waals surface area contributed by atoms with Gasteiger partial charge in [-0.25, -0.2) is 4.98 Å². The molecule has 0 radical (unpaired) electrons. The van der Waals surface area contributed by atoms with Crippen LogP contribution in [0.15, 0.2) is 12.4 Å². The van der Waals surface area contributed by atoms with Gasteiger partial charge in [0.2, 0.25) is 5.95 Å². The molecule has 0 saturated carbocycles. The standard InChI is InChI=1S/C9H16N4.2ClH/c1-12-7-4-11-9(12)13-5-2-8(10)3-6-13;;/h4,7-8H,2-3,5-6,10H2,1H3;2*1H. The molecular weight excluding hydrogens is 235 g/mol. The Morgan fingerprint density at radius 3 is 2.40 bits per heavy atom. The Morgan fingerprint density at radius 2 is 1.93 bits per heavy atom. The Bertz CT molecular complexity index is 281. The van der Waals surface area contributed by atoms with Gasteiger partial charge in [0.1, 0.15) is 0 Å². The van der Waals surface area contributed by atoms with Gasteiger partial charge in [0, 0.05) is 38.6 Å². The van der Waals surface area contributed by atoms with Crippen LogP contribution in [0.1, 0.15) is 12.8 Å². The monoisotopic (exact) mass is 252 g/mol. The third-order valence-electron chi connectivity index (χ3n) is 2.62. The van der Waals surface area contributed by atoms with E-state index in [1.54, 1.807) is 0 Å². The van der Waals surface area contributed by atoms with Crippen molar-refractivity contribution in [1.29, 1.82) is 0 Å². The van der Waals surface area contributed by atoms with E-state index in [0.717, 1.165) is 31.9 Å². The lowest BCUT2D eigenvalue weighted by atomic mass is 10.1. The highest BCUT2D eigenvalue weighted by Crippen LogP contribution is 2.15. The van der Waals surface area contributed by atoms with Crippen LogP contribution in [-0.4, -0.2) is 28.7 Å². The maximum absolute atomic E-state index is 5.83. The fourth-order valence-electron chi connectivity index (χ4n) is 1.76. The summed E-state index contributed by atoms with van der Waals surface area (Å²) in [6.45, 7) is 2.07. The Balaban J connectivity index is 0.000000980. The fourth-order valence-corrected chi connectivity index (χ4v) is 1.76. The zero-order chi connectivity index (χ0) is 9.26. The molecule has 0 atom stereocenters. The molecule has 0 aliphatic carbocycles. The van der Waals surface area contributed by atoms with E-state index >= 15 is 0 Å². The Labute approximate surface area is 103 Å². The number of nitrogens with two attached hydrogens (primary N) is 1. The van der Waals surface area contributed by atoms with Crippen molar-refractivity contribution >= 4 is 30.8 Å². The normalized spacial score (nSPS) is 16.8. The second-order valence-electron chi connectivity index (χ2n) is 3.66. The predicted molar refractivity (Wildman–Crippen MR) is 67.1 cm³/mol. The van der Waals surface area contributed by atoms with Gasteiger partial charge in [-0.15, -0.1) is 24.8 Å². The van der Waals surface area contributed by atoms with Gasteiger partial charge in [0.15, 0.2) is 0 Å². The molecule has 0 amide bonds. The van der Waals surface area contributed by atoms with Gasteiger partial charge in [-0.1, -0.05) is 0 Å². The largest absolute Gasteiger partial charge is 0.342 e. The molecule has 1 aliphatic rings. The first kappa shape index (κ1) is 14.6. The molecule has 0 spiro atoms. The molecule has 2 rings (SSSR count). The summed E-state index contributed by atoms with van der Waals surface area (Å²) in [4.78, 5) is 6.61. The molecule has 1 fully saturated rings. The first-order valence-electron chi connectivity index (χ1n) is 4.75. The highest BCUT2D eigenvalue weighted by atomic mass is 35.5. The van der Waals surface area contributed by atoms with Crippen LogP contribution in [0.3, 0.4) is 0 Å². The van der Waals surface area contributed by atoms with Gasteiger partial charge in [-0.3, -0.25) is 0 Å². The van der Waals surface area contributed by atoms with Crippen LogP contribution in [0, 0.1) is 0 Å². The molecule has 1 aromatic heterocycles. The lowest BCUT2D eigenvalue weighted by molar-refractivity contribution is 0.492. The maximum Gasteiger partial charge on any atom is 0.205 e. The highest BCUT2D eigenvalue weighted by molar-refractivity contribution is 5.85. The van der Waals surface area contributed by atoms with E-state index in [4.69, 9.17) is 5.73 Å². The van der Waals surface area contributed by atoms with E-state index < -0.39 is 0 Å². The molecule has 4 nitrogen and oxygen atoms in total. The van der Waals surface area contributed by atoms with Crippen LogP contribution >= 0.6 is 24.8 Å². The number of imidazole rings is 1. The smallest absolute Gasteiger partial charge is 0.205 e. The molecule has 0 bridgehead atoms. The summed E-state index contributed by atoms with van der Waals surface area (Å²) in [6, 6.07) is 0.386. The molecule has 15 heavy (non-hydrogen) atoms. The average Bonchev–Trinajstić information content (AvgIpc) is 2.53. The summed E-state index contributed by atoms with van der Waals surface area (Å²) < 4.78 is 2.05. The van der Waals surface area contributed by atoms with Crippen LogP contribution < -0.4 is 10.6 Å². The molecule has 1 aromatic rings. The number of hydrogen-bond acceptors (Lipinski definition) is 3. The number of anilines is 1. The van der Waals surface area contributed by atoms with Crippen LogP contribution in [0.4, 0.5) is 5.95 Å². The zero-order valence-electron chi connectivity index (χ0n) is 8.80. The number of halogens is 2. The first-order chi connectivity index (χ1) is 6.27. The van der Waals surface area contributed by atoms with Gasteiger partial charge in [0.25, 0.3) is 0 Å². The number of rotatable bonds is 1. The molecule has 2 N–H and O–H groups in total. The topological polar surface area (TPSA) is 47.1 Å². The molecule has 6 heteroatoms. The van der Waals surface area contributed by atoms with Crippen LogP contribution in [0.2, 0.25) is 0 Å². The number of piperidine rings is 1. The molecular formula is C9H18Cl2N4. The first-order valence-corrected chi connectivity index (χ1v) is 4.75. The minimum absolute atomic E-state index is 0. The summed E-state index contributed by atoms with van der Waals surface area (Å²) in [6.07, 6.45) is 5.97. The molecule has 0 unspecified atom stereocenters. The van der Waals surface area contributed by atoms with Crippen molar-refractivity contribution in [3.8, 4) is 0 Å². The third-order valence-corrected chi connectivity index (χ3v) is 2.62. The highest BCUT2D eigenvalue weighted by Gasteiger charge is 2.18. The second kappa shape index (κ2) is 6.20. The second-order valence-corrected chi connectivity index (χ2v) is 3.66. The van der Waals surface area contributed by atoms with Gasteiger partial charge in [-0.05, 0) is 12.8 Å². The summed E-state index contributed by atoms with van der Waals surface area (Å²) in [5, 5.41) is 0. The summed E-state index contributed by atoms with van der Waals surface area (Å²) in [7, 11) is 2.02. The van der Waals surface area contributed by atoms with Crippen molar-refractivity contribution in [1.82, 2.24) is 9.55 Å². The van der Waals surface area contributed by atoms with Crippen LogP contribution in [0.5, 0.6) is 0 Å². The Hall–Kier alpha value is -0.450. The number of nitrogens with zero attached hydrogens (tertiary/aromatic N) is 3. The SMILES string of the molecule is Cl.Cl.Cn1ccnc1N1CCC(N)CC1. The van der Waals surface area contributed by atoms with Crippen molar-refractivity contribution < 1.29 is 0 Å². The fraction of sp³-hybridized carbons (Fsp3) is 0.667. The third kappa shape index (κ3) is 3.26. The molecule has 1 saturated heterocycles. The van der Waals surface area contributed by atoms with E-state index in [1.165, 1.54) is 0 Å². The van der Waals surface area contributed by atoms with E-state index in [1.807, 2.05) is 19.4 Å². The van der Waals surface area contributed by atoms with E-state index in [9.17, 15) is 0 Å². The Morgan fingerprint density at radius 1 is 1.33 bits per heavy atom. The quantitative estimate of drug-likeness (QED) is 0.817. The lowest BCUT2D eigenvalue weighted by Gasteiger charge is -2.30. The number of hydrogen-bond donors (Lipinski definition) is 1. The van der Waals surface area contributed by atoms with Gasteiger partial charge < -0.3 is 15.2 Å². The van der Waals surface area contributed by atoms with Crippen LogP contribution in [-0.2, 0) is 7.05 Å². The number of aromatic nitrogens is 2. The minimum atomic E-state index is 0. The molecule has 1 aliphatic heterocycles. The van der Waals surface area contributed by atoms with Crippen molar-refractivity contribution in [2.45, 2.75) is 18.9 Å². The average molecular weight is 253 g/mol. The van der Waals surface area contributed by atoms with Crippen molar-refractivity contribution in [3.05, 3.63) is 12.4 Å². The lowest BCUT2D eigenvalue weighted by Crippen LogP contribution is -2.40. The van der Waals surface area contributed by atoms with E-state index in [-0.39, 0.29) is 24.8 Å². The summed E-state index contributed by atoms with van der Waals surface area (Å²) >= 11 is 0. The van der Waals surface area contributed by atoms with Crippen molar-refractivity contribution in [3.63, 3.8) is 0 Å². The van der Waals surface area contributed by atoms with Crippen LogP contribution in [0.25, 0.3) is 0 Å². The predicted octanol–water partition coefficient (Wildman–Crippen LogP) is 1.19. The van der Waals surface area contributed by atoms with Crippen molar-refractivity contribution in [2.24, 2.45) is 12.8 Å². The van der Waals surface area contributed by atoms with E-state index in [0.29, 0.717) is 6.04 Å². The molecule has 88 valence electrons. The minimum Gasteiger partial charge on any atom is -0.342 e. The van der Waals surface area contributed by atoms with Gasteiger partial charge >= 0.3 is 0 Å².